The van der Waals surface area contributed by atoms with E-state index in [9.17, 15) is 28.8 Å². The zero-order chi connectivity index (χ0) is 43.7. The molecule has 324 valence electrons. The maximum atomic E-state index is 14.4. The Morgan fingerprint density at radius 3 is 2.12 bits per heavy atom. The first-order valence-electron chi connectivity index (χ1n) is 20.4. The van der Waals surface area contributed by atoms with Gasteiger partial charge in [0, 0.05) is 12.3 Å². The van der Waals surface area contributed by atoms with E-state index in [1.54, 1.807) is 60.6 Å². The van der Waals surface area contributed by atoms with E-state index in [0.29, 0.717) is 37.3 Å². The Morgan fingerprint density at radius 2 is 1.47 bits per heavy atom. The van der Waals surface area contributed by atoms with Crippen molar-refractivity contribution in [2.45, 2.75) is 141 Å². The van der Waals surface area contributed by atoms with Crippen LogP contribution in [0.15, 0.2) is 60.6 Å². The zero-order valence-electron chi connectivity index (χ0n) is 35.7. The Morgan fingerprint density at radius 1 is 0.847 bits per heavy atom. The third-order valence-corrected chi connectivity index (χ3v) is 12.2. The van der Waals surface area contributed by atoms with Crippen molar-refractivity contribution in [3.8, 4) is 0 Å². The standard InChI is InChI=1S/C43H63N7O8S/c1-11-25(4)33-38(54)44-26(5)41(56)50-21-17-20-32(50)37(53)45-29(22-28-18-15-14-16-19-28)40-47-31(24-59-40)36(52)49-34(27(6)58-43(9,10)13-3)39(55)46-30(35(51)48-33)23-57-42(7,8)12-2/h12-16,18-19,25-27,29-34H,2-3,11,17,20-24H2,1,4-10H3,(H,44,54)(H,45,53)(H,46,55)(H,48,51)(H,49,52)/t25-,26?,27+,29+,30-,31?,32-,33-,34-/m0/s1. The highest BCUT2D eigenvalue weighted by molar-refractivity contribution is 8.14. The van der Waals surface area contributed by atoms with E-state index in [-0.39, 0.29) is 18.3 Å². The third kappa shape index (κ3) is 12.7. The van der Waals surface area contributed by atoms with Gasteiger partial charge in [-0.2, -0.15) is 0 Å². The van der Waals surface area contributed by atoms with Crippen molar-refractivity contribution in [1.29, 1.82) is 0 Å². The summed E-state index contributed by atoms with van der Waals surface area (Å²) in [6, 6.07) is 2.39. The lowest BCUT2D eigenvalue weighted by atomic mass is 9.97. The second-order valence-electron chi connectivity index (χ2n) is 16.6. The predicted molar refractivity (Wildman–Crippen MR) is 228 cm³/mol. The van der Waals surface area contributed by atoms with Gasteiger partial charge in [-0.1, -0.05) is 62.8 Å². The van der Waals surface area contributed by atoms with E-state index < -0.39 is 95.1 Å². The largest absolute Gasteiger partial charge is 0.369 e. The Hall–Kier alpha value is -4.54. The van der Waals surface area contributed by atoms with Gasteiger partial charge in [0.15, 0.2) is 0 Å². The second kappa shape index (κ2) is 20.6. The number of aliphatic imine (C=N–C) groups is 1. The van der Waals surface area contributed by atoms with Crippen LogP contribution < -0.4 is 26.6 Å². The van der Waals surface area contributed by atoms with Gasteiger partial charge in [-0.25, -0.2) is 0 Å². The van der Waals surface area contributed by atoms with Gasteiger partial charge >= 0.3 is 0 Å². The Kier molecular flexibility index (Phi) is 16.5. The summed E-state index contributed by atoms with van der Waals surface area (Å²) >= 11 is 1.33. The van der Waals surface area contributed by atoms with Crippen molar-refractivity contribution in [1.82, 2.24) is 31.5 Å². The van der Waals surface area contributed by atoms with Crippen LogP contribution in [0.25, 0.3) is 0 Å². The van der Waals surface area contributed by atoms with Crippen molar-refractivity contribution in [3.63, 3.8) is 0 Å². The highest BCUT2D eigenvalue weighted by Crippen LogP contribution is 2.25. The van der Waals surface area contributed by atoms with Crippen molar-refractivity contribution >= 4 is 52.2 Å². The highest BCUT2D eigenvalue weighted by Gasteiger charge is 2.41. The Bertz CT molecular complexity index is 1750. The average Bonchev–Trinajstić information content (AvgIpc) is 3.91. The molecule has 0 spiro atoms. The van der Waals surface area contributed by atoms with Crippen LogP contribution in [0, 0.1) is 5.92 Å². The molecule has 4 rings (SSSR count). The molecule has 0 radical (unpaired) electrons. The van der Waals surface area contributed by atoms with Crippen LogP contribution in [0.3, 0.4) is 0 Å². The van der Waals surface area contributed by atoms with Crippen LogP contribution in [0.2, 0.25) is 0 Å². The number of ether oxygens (including phenoxy) is 2. The molecule has 5 N–H and O–H groups in total. The third-order valence-electron chi connectivity index (χ3n) is 11.0. The van der Waals surface area contributed by atoms with E-state index in [0.717, 1.165) is 5.56 Å². The fraction of sp³-hybridized carbons (Fsp3) is 0.605. The summed E-state index contributed by atoms with van der Waals surface area (Å²) in [6.07, 6.45) is 4.06. The molecule has 6 amide bonds. The first-order valence-corrected chi connectivity index (χ1v) is 21.4. The quantitative estimate of drug-likeness (QED) is 0.197. The van der Waals surface area contributed by atoms with Crippen LogP contribution in [-0.4, -0.2) is 124 Å². The molecule has 2 bridgehead atoms. The number of fused-ring (bicyclic) bond motifs is 2. The van der Waals surface area contributed by atoms with Crippen molar-refractivity contribution in [2.75, 3.05) is 18.9 Å². The molecule has 1 fully saturated rings. The molecule has 3 heterocycles. The van der Waals surface area contributed by atoms with Crippen LogP contribution in [0.5, 0.6) is 0 Å². The zero-order valence-corrected chi connectivity index (χ0v) is 36.5. The minimum atomic E-state index is -1.35. The van der Waals surface area contributed by atoms with E-state index in [1.807, 2.05) is 37.3 Å². The van der Waals surface area contributed by atoms with Crippen molar-refractivity contribution in [2.24, 2.45) is 10.9 Å². The van der Waals surface area contributed by atoms with E-state index in [4.69, 9.17) is 14.5 Å². The summed E-state index contributed by atoms with van der Waals surface area (Å²) in [4.78, 5) is 90.9. The van der Waals surface area contributed by atoms with Gasteiger partial charge in [0.05, 0.1) is 35.0 Å². The van der Waals surface area contributed by atoms with Gasteiger partial charge in [-0.15, -0.1) is 24.9 Å². The van der Waals surface area contributed by atoms with Gasteiger partial charge in [-0.05, 0) is 72.3 Å². The van der Waals surface area contributed by atoms with E-state index in [2.05, 4.69) is 39.7 Å². The summed E-state index contributed by atoms with van der Waals surface area (Å²) in [7, 11) is 0. The van der Waals surface area contributed by atoms with Gasteiger partial charge < -0.3 is 41.0 Å². The molecule has 2 unspecified atom stereocenters. The van der Waals surface area contributed by atoms with E-state index >= 15 is 0 Å². The number of amides is 6. The maximum absolute atomic E-state index is 14.4. The number of carbonyl (C=O) groups excluding carboxylic acids is 6. The minimum Gasteiger partial charge on any atom is -0.369 e. The molecule has 3 aliphatic heterocycles. The van der Waals surface area contributed by atoms with Crippen molar-refractivity contribution < 1.29 is 38.2 Å². The number of carbonyl (C=O) groups is 6. The molecule has 1 aromatic carbocycles. The SMILES string of the molecule is C=CC(C)(C)OC[C@@H]1NC(=O)[C@H]([C@@H](C)OC(C)(C)C=C)NC(=O)C2CSC(=N2)[C@@H](Cc2ccccc2)NC(=O)[C@@H]2CCCN2C(=O)C(C)NC(=O)[C@H]([C@@H](C)CC)NC1=O. The van der Waals surface area contributed by atoms with Crippen LogP contribution in [0.1, 0.15) is 80.2 Å². The normalized spacial score (nSPS) is 27.8. The van der Waals surface area contributed by atoms with Crippen molar-refractivity contribution in [3.05, 3.63) is 61.2 Å². The summed E-state index contributed by atoms with van der Waals surface area (Å²) in [5, 5.41) is 14.8. The second-order valence-corrected chi connectivity index (χ2v) is 17.7. The summed E-state index contributed by atoms with van der Waals surface area (Å²) < 4.78 is 12.2. The molecule has 59 heavy (non-hydrogen) atoms. The average molecular weight is 838 g/mol. The fourth-order valence-corrected chi connectivity index (χ4v) is 8.05. The lowest BCUT2D eigenvalue weighted by Crippen LogP contribution is -2.62. The Labute approximate surface area is 352 Å². The molecule has 1 aromatic rings. The molecular weight excluding hydrogens is 775 g/mol. The summed E-state index contributed by atoms with van der Waals surface area (Å²) in [5.74, 6) is -3.61. The molecule has 0 aromatic heterocycles. The van der Waals surface area contributed by atoms with E-state index in [1.165, 1.54) is 16.7 Å². The summed E-state index contributed by atoms with van der Waals surface area (Å²) in [5.41, 5.74) is -0.870. The lowest BCUT2D eigenvalue weighted by molar-refractivity contribution is -0.142. The fourth-order valence-electron chi connectivity index (χ4n) is 6.95. The Balaban J connectivity index is 1.79. The number of nitrogens with one attached hydrogen (secondary N) is 5. The number of nitrogens with zero attached hydrogens (tertiary/aromatic N) is 2. The predicted octanol–water partition coefficient (Wildman–Crippen LogP) is 2.59. The maximum Gasteiger partial charge on any atom is 0.246 e. The minimum absolute atomic E-state index is 0.238. The first kappa shape index (κ1) is 47.1. The monoisotopic (exact) mass is 837 g/mol. The van der Waals surface area contributed by atoms with Gasteiger partial charge in [0.25, 0.3) is 0 Å². The number of rotatable bonds is 12. The van der Waals surface area contributed by atoms with Crippen LogP contribution in [-0.2, 0) is 44.7 Å². The molecule has 9 atom stereocenters. The van der Waals surface area contributed by atoms with Gasteiger partial charge in [0.1, 0.15) is 36.3 Å². The summed E-state index contributed by atoms with van der Waals surface area (Å²) in [6.45, 7) is 21.5. The smallest absolute Gasteiger partial charge is 0.246 e. The molecule has 15 nitrogen and oxygen atoms in total. The molecule has 0 aliphatic carbocycles. The first-order chi connectivity index (χ1) is 27.8. The topological polar surface area (TPSA) is 197 Å². The van der Waals surface area contributed by atoms with Gasteiger partial charge in [-0.3, -0.25) is 33.8 Å². The lowest BCUT2D eigenvalue weighted by Gasteiger charge is -2.33. The van der Waals surface area contributed by atoms with Crippen LogP contribution in [0.4, 0.5) is 0 Å². The highest BCUT2D eigenvalue weighted by atomic mass is 32.2. The number of hydrogen-bond donors (Lipinski definition) is 5. The number of thioether (sulfide) groups is 1. The molecule has 3 aliphatic rings. The van der Waals surface area contributed by atoms with Gasteiger partial charge in [0.2, 0.25) is 35.4 Å². The molecule has 1 saturated heterocycles. The van der Waals surface area contributed by atoms with Crippen LogP contribution >= 0.6 is 11.8 Å². The number of hydrogen-bond acceptors (Lipinski definition) is 10. The molecule has 0 saturated carbocycles. The molecular formula is C43H63N7O8S. The molecule has 16 heteroatoms. The number of benzene rings is 1.